The number of nitrogens with one attached hydrogen (secondary N) is 1. The lowest BCUT2D eigenvalue weighted by atomic mass is 10.0. The number of piperazine rings is 1. The summed E-state index contributed by atoms with van der Waals surface area (Å²) in [6, 6.07) is 31.4. The molecule has 4 aromatic rings. The topological polar surface area (TPSA) is 79.0 Å². The van der Waals surface area contributed by atoms with E-state index in [4.69, 9.17) is 4.74 Å². The van der Waals surface area contributed by atoms with E-state index >= 15 is 0 Å². The molecule has 1 fully saturated rings. The smallest absolute Gasteiger partial charge is 0.255 e. The van der Waals surface area contributed by atoms with E-state index in [0.29, 0.717) is 37.4 Å². The molecule has 1 saturated heterocycles. The molecular formula is C30H29N3O4S. The lowest BCUT2D eigenvalue weighted by Crippen LogP contribution is -2.48. The Morgan fingerprint density at radius 2 is 1.34 bits per heavy atom. The molecule has 0 spiro atoms. The van der Waals surface area contributed by atoms with Crippen LogP contribution in [0.4, 0.5) is 11.4 Å². The fourth-order valence-electron chi connectivity index (χ4n) is 4.57. The minimum atomic E-state index is -3.65. The van der Waals surface area contributed by atoms with Crippen molar-refractivity contribution >= 4 is 27.3 Å². The summed E-state index contributed by atoms with van der Waals surface area (Å²) in [6.07, 6.45) is 0. The molecular weight excluding hydrogens is 498 g/mol. The first-order chi connectivity index (χ1) is 18.5. The molecule has 1 N–H and O–H groups in total. The van der Waals surface area contributed by atoms with Crippen molar-refractivity contribution in [3.05, 3.63) is 109 Å². The molecule has 194 valence electrons. The largest absolute Gasteiger partial charge is 0.495 e. The van der Waals surface area contributed by atoms with Crippen molar-refractivity contribution in [2.45, 2.75) is 4.90 Å². The van der Waals surface area contributed by atoms with Gasteiger partial charge in [-0.1, -0.05) is 54.6 Å². The molecule has 0 atom stereocenters. The van der Waals surface area contributed by atoms with Gasteiger partial charge in [-0.2, -0.15) is 4.31 Å². The summed E-state index contributed by atoms with van der Waals surface area (Å²) in [5.74, 6) is 0.515. The second-order valence-corrected chi connectivity index (χ2v) is 10.9. The highest BCUT2D eigenvalue weighted by atomic mass is 32.2. The van der Waals surface area contributed by atoms with E-state index in [0.717, 1.165) is 22.6 Å². The van der Waals surface area contributed by atoms with Gasteiger partial charge >= 0.3 is 0 Å². The molecule has 4 aromatic carbocycles. The zero-order valence-electron chi connectivity index (χ0n) is 21.1. The molecule has 1 aliphatic rings. The first-order valence-electron chi connectivity index (χ1n) is 12.4. The molecule has 1 amide bonds. The Hall–Kier alpha value is -4.14. The van der Waals surface area contributed by atoms with E-state index in [9.17, 15) is 13.2 Å². The number of para-hydroxylation sites is 2. The summed E-state index contributed by atoms with van der Waals surface area (Å²) in [5.41, 5.74) is 4.12. The molecule has 0 unspecified atom stereocenters. The van der Waals surface area contributed by atoms with E-state index in [2.05, 4.69) is 10.2 Å². The van der Waals surface area contributed by atoms with Gasteiger partial charge in [0.15, 0.2) is 0 Å². The van der Waals surface area contributed by atoms with Crippen LogP contribution in [0.15, 0.2) is 108 Å². The van der Waals surface area contributed by atoms with Crippen molar-refractivity contribution in [2.75, 3.05) is 43.5 Å². The number of rotatable bonds is 7. The van der Waals surface area contributed by atoms with Gasteiger partial charge in [0.1, 0.15) is 5.75 Å². The first-order valence-corrected chi connectivity index (χ1v) is 13.8. The van der Waals surface area contributed by atoms with E-state index in [1.807, 2.05) is 66.7 Å². The first kappa shape index (κ1) is 25.5. The Morgan fingerprint density at radius 3 is 2.00 bits per heavy atom. The van der Waals surface area contributed by atoms with E-state index < -0.39 is 10.0 Å². The maximum absolute atomic E-state index is 13.3. The van der Waals surface area contributed by atoms with Crippen molar-refractivity contribution in [3.63, 3.8) is 0 Å². The van der Waals surface area contributed by atoms with Gasteiger partial charge in [-0.25, -0.2) is 8.42 Å². The molecule has 0 aromatic heterocycles. The highest BCUT2D eigenvalue weighted by molar-refractivity contribution is 7.89. The van der Waals surface area contributed by atoms with Gasteiger partial charge in [-0.15, -0.1) is 0 Å². The van der Waals surface area contributed by atoms with Gasteiger partial charge in [-0.3, -0.25) is 4.79 Å². The summed E-state index contributed by atoms with van der Waals surface area (Å²) < 4.78 is 33.5. The quantitative estimate of drug-likeness (QED) is 0.361. The molecule has 8 heteroatoms. The van der Waals surface area contributed by atoms with Crippen LogP contribution in [-0.4, -0.2) is 51.9 Å². The molecule has 1 heterocycles. The van der Waals surface area contributed by atoms with E-state index in [1.165, 1.54) is 16.4 Å². The Balaban J connectivity index is 1.21. The third kappa shape index (κ3) is 5.41. The number of amides is 1. The fourth-order valence-corrected chi connectivity index (χ4v) is 5.99. The van der Waals surface area contributed by atoms with Crippen molar-refractivity contribution in [3.8, 4) is 16.9 Å². The van der Waals surface area contributed by atoms with Crippen LogP contribution in [-0.2, 0) is 10.0 Å². The molecule has 5 rings (SSSR count). The summed E-state index contributed by atoms with van der Waals surface area (Å²) in [6.45, 7) is 1.88. The van der Waals surface area contributed by atoms with Crippen molar-refractivity contribution < 1.29 is 17.9 Å². The molecule has 0 bridgehead atoms. The zero-order chi connectivity index (χ0) is 26.5. The molecule has 0 radical (unpaired) electrons. The summed E-state index contributed by atoms with van der Waals surface area (Å²) >= 11 is 0. The third-order valence-electron chi connectivity index (χ3n) is 6.67. The standard InChI is InChI=1S/C30H29N3O4S/c1-37-29-10-6-5-9-28(29)32-19-21-33(22-20-32)38(35,36)27-17-15-26(16-18-27)31-30(34)25-13-11-24(12-14-25)23-7-3-2-4-8-23/h2-18H,19-22H2,1H3,(H,31,34). The van der Waals surface area contributed by atoms with Crippen LogP contribution in [0.25, 0.3) is 11.1 Å². The Morgan fingerprint density at radius 1 is 0.737 bits per heavy atom. The zero-order valence-corrected chi connectivity index (χ0v) is 21.9. The van der Waals surface area contributed by atoms with Crippen LogP contribution < -0.4 is 15.0 Å². The van der Waals surface area contributed by atoms with Crippen molar-refractivity contribution in [1.29, 1.82) is 0 Å². The summed E-state index contributed by atoms with van der Waals surface area (Å²) in [5, 5.41) is 2.84. The summed E-state index contributed by atoms with van der Waals surface area (Å²) in [7, 11) is -2.02. The SMILES string of the molecule is COc1ccccc1N1CCN(S(=O)(=O)c2ccc(NC(=O)c3ccc(-c4ccccc4)cc3)cc2)CC1. The van der Waals surface area contributed by atoms with Crippen LogP contribution in [0.3, 0.4) is 0 Å². The van der Waals surface area contributed by atoms with Gasteiger partial charge in [0.25, 0.3) is 5.91 Å². The molecule has 38 heavy (non-hydrogen) atoms. The highest BCUT2D eigenvalue weighted by Gasteiger charge is 2.29. The van der Waals surface area contributed by atoms with E-state index in [-0.39, 0.29) is 10.8 Å². The average Bonchev–Trinajstić information content (AvgIpc) is 2.98. The maximum Gasteiger partial charge on any atom is 0.255 e. The van der Waals surface area contributed by atoms with Gasteiger partial charge in [0.2, 0.25) is 10.0 Å². The van der Waals surface area contributed by atoms with Gasteiger partial charge in [0, 0.05) is 37.4 Å². The molecule has 0 saturated carbocycles. The number of methoxy groups -OCH3 is 1. The number of nitrogens with zero attached hydrogens (tertiary/aromatic N) is 2. The Kier molecular flexibility index (Phi) is 7.44. The predicted octanol–water partition coefficient (Wildman–Crippen LogP) is 5.13. The highest BCUT2D eigenvalue weighted by Crippen LogP contribution is 2.29. The van der Waals surface area contributed by atoms with Crippen LogP contribution in [0, 0.1) is 0 Å². The number of carbonyl (C=O) groups excluding carboxylic acids is 1. The fraction of sp³-hybridized carbons (Fsp3) is 0.167. The number of hydrogen-bond acceptors (Lipinski definition) is 5. The normalized spacial score (nSPS) is 14.2. The number of carbonyl (C=O) groups is 1. The number of anilines is 2. The van der Waals surface area contributed by atoms with Crippen LogP contribution in [0.5, 0.6) is 5.75 Å². The van der Waals surface area contributed by atoms with Crippen molar-refractivity contribution in [2.24, 2.45) is 0 Å². The van der Waals surface area contributed by atoms with Crippen LogP contribution in [0.1, 0.15) is 10.4 Å². The number of benzene rings is 4. The molecule has 0 aliphatic carbocycles. The molecule has 1 aliphatic heterocycles. The molecule has 7 nitrogen and oxygen atoms in total. The Bertz CT molecular complexity index is 1500. The minimum absolute atomic E-state index is 0.202. The number of hydrogen-bond donors (Lipinski definition) is 1. The van der Waals surface area contributed by atoms with Gasteiger partial charge in [0.05, 0.1) is 17.7 Å². The third-order valence-corrected chi connectivity index (χ3v) is 8.58. The minimum Gasteiger partial charge on any atom is -0.495 e. The second kappa shape index (κ2) is 11.1. The lowest BCUT2D eigenvalue weighted by Gasteiger charge is -2.35. The van der Waals surface area contributed by atoms with Crippen LogP contribution in [0.2, 0.25) is 0 Å². The van der Waals surface area contributed by atoms with E-state index in [1.54, 1.807) is 31.4 Å². The number of sulfonamides is 1. The van der Waals surface area contributed by atoms with Gasteiger partial charge in [-0.05, 0) is 59.7 Å². The maximum atomic E-state index is 13.3. The second-order valence-electron chi connectivity index (χ2n) is 8.98. The Labute approximate surface area is 223 Å². The number of ether oxygens (including phenoxy) is 1. The average molecular weight is 528 g/mol. The summed E-state index contributed by atoms with van der Waals surface area (Å²) in [4.78, 5) is 15.1. The lowest BCUT2D eigenvalue weighted by molar-refractivity contribution is 0.102. The van der Waals surface area contributed by atoms with Crippen LogP contribution >= 0.6 is 0 Å². The predicted molar refractivity (Wildman–Crippen MR) is 150 cm³/mol. The van der Waals surface area contributed by atoms with Gasteiger partial charge < -0.3 is 15.0 Å². The monoisotopic (exact) mass is 527 g/mol. The van der Waals surface area contributed by atoms with Crippen molar-refractivity contribution in [1.82, 2.24) is 4.31 Å².